The zero-order valence-corrected chi connectivity index (χ0v) is 10.6. The highest BCUT2D eigenvalue weighted by Gasteiger charge is 2.16. The molecule has 2 aromatic rings. The van der Waals surface area contributed by atoms with Gasteiger partial charge in [0.1, 0.15) is 5.65 Å². The molecule has 0 bridgehead atoms. The molecule has 0 amide bonds. The van der Waals surface area contributed by atoms with Crippen LogP contribution in [0.25, 0.3) is 11.0 Å². The molecule has 0 saturated heterocycles. The Morgan fingerprint density at radius 1 is 1.41 bits per heavy atom. The lowest BCUT2D eigenvalue weighted by Gasteiger charge is -2.21. The summed E-state index contributed by atoms with van der Waals surface area (Å²) >= 11 is 0. The molecule has 2 heterocycles. The van der Waals surface area contributed by atoms with Crippen LogP contribution in [0.4, 0.5) is 5.95 Å². The van der Waals surface area contributed by atoms with Gasteiger partial charge in [-0.1, -0.05) is 20.8 Å². The first-order chi connectivity index (χ1) is 7.90. The third kappa shape index (κ3) is 2.43. The number of nitrogens with two attached hydrogens (primary N) is 1. The minimum absolute atomic E-state index is 0.162. The third-order valence-corrected chi connectivity index (χ3v) is 2.58. The molecule has 2 radical (unpaired) electrons. The fraction of sp³-hybridized carbons (Fsp3) is 0.500. The van der Waals surface area contributed by atoms with Crippen LogP contribution >= 0.6 is 0 Å². The molecule has 0 aliphatic rings. The topological polar surface area (TPSA) is 56.7 Å². The van der Waals surface area contributed by atoms with Gasteiger partial charge >= 0.3 is 0 Å². The molecular weight excluding hydrogens is 211 g/mol. The number of hydrogen-bond acceptors (Lipinski definition) is 3. The second kappa shape index (κ2) is 4.06. The molecule has 0 saturated carbocycles. The summed E-state index contributed by atoms with van der Waals surface area (Å²) in [5.41, 5.74) is 7.74. The summed E-state index contributed by atoms with van der Waals surface area (Å²) in [5, 5.41) is 0.990. The quantitative estimate of drug-likeness (QED) is 0.796. The summed E-state index contributed by atoms with van der Waals surface area (Å²) in [4.78, 5) is 8.31. The van der Waals surface area contributed by atoms with Crippen LogP contribution in [0.15, 0.2) is 12.3 Å². The molecule has 0 spiro atoms. The van der Waals surface area contributed by atoms with Gasteiger partial charge in [-0.3, -0.25) is 0 Å². The van der Waals surface area contributed by atoms with Crippen molar-refractivity contribution in [1.82, 2.24) is 14.5 Å². The smallest absolute Gasteiger partial charge is 0.221 e. The first kappa shape index (κ1) is 12.0. The number of nitrogens with zero attached hydrogens (tertiary/aromatic N) is 3. The summed E-state index contributed by atoms with van der Waals surface area (Å²) in [6.07, 6.45) is 2.24. The van der Waals surface area contributed by atoms with Crippen LogP contribution in [0.3, 0.4) is 0 Å². The van der Waals surface area contributed by atoms with Crippen molar-refractivity contribution in [1.29, 1.82) is 0 Å². The number of anilines is 1. The van der Waals surface area contributed by atoms with Gasteiger partial charge in [0.15, 0.2) is 0 Å². The van der Waals surface area contributed by atoms with Crippen molar-refractivity contribution in [2.75, 3.05) is 5.73 Å². The minimum atomic E-state index is 0.162. The Morgan fingerprint density at radius 2 is 2.12 bits per heavy atom. The van der Waals surface area contributed by atoms with Crippen molar-refractivity contribution in [3.05, 3.63) is 18.0 Å². The molecule has 0 fully saturated rings. The van der Waals surface area contributed by atoms with E-state index in [1.54, 1.807) is 6.20 Å². The lowest BCUT2D eigenvalue weighted by molar-refractivity contribution is 0.345. The Balaban J connectivity index is 2.60. The van der Waals surface area contributed by atoms with Gasteiger partial charge in [0.05, 0.1) is 7.85 Å². The highest BCUT2D eigenvalue weighted by Crippen LogP contribution is 2.24. The van der Waals surface area contributed by atoms with Gasteiger partial charge in [0.2, 0.25) is 5.95 Å². The van der Waals surface area contributed by atoms with E-state index in [1.165, 1.54) is 0 Å². The summed E-state index contributed by atoms with van der Waals surface area (Å²) < 4.78 is 2.13. The van der Waals surface area contributed by atoms with Crippen molar-refractivity contribution < 1.29 is 0 Å². The molecule has 0 atom stereocenters. The highest BCUT2D eigenvalue weighted by molar-refractivity contribution is 6.08. The Kier molecular flexibility index (Phi) is 2.85. The van der Waals surface area contributed by atoms with Gasteiger partial charge in [-0.05, 0) is 17.8 Å². The van der Waals surface area contributed by atoms with Gasteiger partial charge in [0.25, 0.3) is 0 Å². The monoisotopic (exact) mass is 228 g/mol. The minimum Gasteiger partial charge on any atom is -0.368 e. The summed E-state index contributed by atoms with van der Waals surface area (Å²) in [6, 6.07) is 2.03. The molecule has 2 aromatic heterocycles. The predicted octanol–water partition coefficient (Wildman–Crippen LogP) is 1.73. The van der Waals surface area contributed by atoms with Crippen molar-refractivity contribution in [3.63, 3.8) is 0 Å². The largest absolute Gasteiger partial charge is 0.368 e. The van der Waals surface area contributed by atoms with Crippen molar-refractivity contribution >= 4 is 24.8 Å². The average Bonchev–Trinajstić information content (AvgIpc) is 2.54. The zero-order chi connectivity index (χ0) is 12.6. The molecule has 88 valence electrons. The number of fused-ring (bicyclic) bond motifs is 1. The molecule has 2 rings (SSSR count). The fourth-order valence-electron chi connectivity index (χ4n) is 1.93. The second-order valence-corrected chi connectivity index (χ2v) is 5.49. The molecular formula is C12H17BN4. The van der Waals surface area contributed by atoms with Crippen LogP contribution in [0, 0.1) is 5.41 Å². The first-order valence-electron chi connectivity index (χ1n) is 5.71. The maximum absolute atomic E-state index is 5.77. The van der Waals surface area contributed by atoms with Gasteiger partial charge in [-0.15, -0.1) is 0 Å². The van der Waals surface area contributed by atoms with E-state index in [-0.39, 0.29) is 5.41 Å². The molecule has 0 aliphatic heterocycles. The van der Waals surface area contributed by atoms with Crippen LogP contribution in [0.1, 0.15) is 26.5 Å². The normalized spacial score (nSPS) is 12.2. The van der Waals surface area contributed by atoms with Crippen LogP contribution in [0.2, 0.25) is 0 Å². The fourth-order valence-corrected chi connectivity index (χ4v) is 1.93. The van der Waals surface area contributed by atoms with E-state index < -0.39 is 0 Å². The number of aromatic nitrogens is 3. The molecule has 17 heavy (non-hydrogen) atoms. The lowest BCUT2D eigenvalue weighted by atomic mass is 9.96. The van der Waals surface area contributed by atoms with Gasteiger partial charge < -0.3 is 10.3 Å². The van der Waals surface area contributed by atoms with E-state index >= 15 is 0 Å². The molecule has 4 nitrogen and oxygen atoms in total. The maximum Gasteiger partial charge on any atom is 0.221 e. The SMILES string of the molecule is [B]Cc1cc2cnc(N)nc2n1CC(C)(C)C. The van der Waals surface area contributed by atoms with Crippen LogP contribution < -0.4 is 5.73 Å². The second-order valence-electron chi connectivity index (χ2n) is 5.49. The number of rotatable bonds is 2. The van der Waals surface area contributed by atoms with E-state index in [9.17, 15) is 0 Å². The maximum atomic E-state index is 5.77. The molecule has 0 aromatic carbocycles. The van der Waals surface area contributed by atoms with Crippen LogP contribution in [0.5, 0.6) is 0 Å². The number of hydrogen-bond donors (Lipinski definition) is 1. The van der Waals surface area contributed by atoms with Crippen molar-refractivity contribution in [2.24, 2.45) is 5.41 Å². The van der Waals surface area contributed by atoms with Gasteiger partial charge in [-0.2, -0.15) is 4.98 Å². The Bertz CT molecular complexity index is 539. The van der Waals surface area contributed by atoms with Crippen molar-refractivity contribution in [3.8, 4) is 0 Å². The Morgan fingerprint density at radius 3 is 2.71 bits per heavy atom. The first-order valence-corrected chi connectivity index (χ1v) is 5.71. The zero-order valence-electron chi connectivity index (χ0n) is 10.6. The lowest BCUT2D eigenvalue weighted by Crippen LogP contribution is -2.17. The van der Waals surface area contributed by atoms with E-state index in [0.717, 1.165) is 23.3 Å². The summed E-state index contributed by atoms with van der Waals surface area (Å²) in [7, 11) is 5.77. The van der Waals surface area contributed by atoms with Crippen LogP contribution in [-0.4, -0.2) is 22.4 Å². The van der Waals surface area contributed by atoms with Gasteiger partial charge in [0, 0.05) is 23.8 Å². The third-order valence-electron chi connectivity index (χ3n) is 2.58. The van der Waals surface area contributed by atoms with E-state index in [2.05, 4.69) is 35.3 Å². The summed E-state index contributed by atoms with van der Waals surface area (Å²) in [6.45, 7) is 7.41. The number of nitrogen functional groups attached to an aromatic ring is 1. The highest BCUT2D eigenvalue weighted by atomic mass is 15.1. The Labute approximate surface area is 103 Å². The average molecular weight is 228 g/mol. The van der Waals surface area contributed by atoms with Crippen LogP contribution in [-0.2, 0) is 12.9 Å². The van der Waals surface area contributed by atoms with Gasteiger partial charge in [-0.25, -0.2) is 4.98 Å². The van der Waals surface area contributed by atoms with E-state index in [4.69, 9.17) is 13.6 Å². The van der Waals surface area contributed by atoms with E-state index in [0.29, 0.717) is 12.3 Å². The predicted molar refractivity (Wildman–Crippen MR) is 70.9 cm³/mol. The summed E-state index contributed by atoms with van der Waals surface area (Å²) in [5.74, 6) is 0.300. The molecule has 5 heteroatoms. The Hall–Kier alpha value is -1.52. The van der Waals surface area contributed by atoms with E-state index in [1.807, 2.05) is 6.07 Å². The standard InChI is InChI=1S/C12H17BN4/c1-12(2,3)7-17-9(5-13)4-8-6-15-11(14)16-10(8)17/h4,6H,5,7H2,1-3H3,(H2,14,15,16). The molecule has 0 unspecified atom stereocenters. The molecule has 0 aliphatic carbocycles. The van der Waals surface area contributed by atoms with Crippen molar-refractivity contribution in [2.45, 2.75) is 33.6 Å². The molecule has 2 N–H and O–H groups in total.